The summed E-state index contributed by atoms with van der Waals surface area (Å²) >= 11 is 0. The molecule has 30 heavy (non-hydrogen) atoms. The predicted octanol–water partition coefficient (Wildman–Crippen LogP) is 3.91. The summed E-state index contributed by atoms with van der Waals surface area (Å²) in [5.41, 5.74) is 1.53. The number of H-pyrrole nitrogens is 1. The number of benzene rings is 1. The summed E-state index contributed by atoms with van der Waals surface area (Å²) < 4.78 is 5.64. The Hall–Kier alpha value is -3.88. The Morgan fingerprint density at radius 3 is 2.47 bits per heavy atom. The Kier molecular flexibility index (Phi) is 6.01. The SMILES string of the molecule is CC(C)(C)c1cc(NC(=O)NCc2ccc(Oc3ccnc(C(=O)O)c3)cc2)[nH]n1. The standard InChI is InChI=1S/C21H23N5O4/c1-21(2,3)17-11-18(26-25-17)24-20(29)23-12-13-4-6-14(7-5-13)30-15-8-9-22-16(10-15)19(27)28/h4-11H,12H2,1-3H3,(H,27,28)(H3,23,24,25,26,29). The van der Waals surface area contributed by atoms with Crippen molar-refractivity contribution in [1.29, 1.82) is 0 Å². The predicted molar refractivity (Wildman–Crippen MR) is 111 cm³/mol. The molecule has 4 N–H and O–H groups in total. The zero-order valence-corrected chi connectivity index (χ0v) is 16.9. The van der Waals surface area contributed by atoms with Gasteiger partial charge in [-0.15, -0.1) is 0 Å². The second kappa shape index (κ2) is 8.64. The molecule has 0 radical (unpaired) electrons. The number of pyridine rings is 1. The van der Waals surface area contributed by atoms with E-state index >= 15 is 0 Å². The number of carbonyl (C=O) groups excluding carboxylic acids is 1. The average Bonchev–Trinajstić information content (AvgIpc) is 3.16. The van der Waals surface area contributed by atoms with Crippen LogP contribution in [0.25, 0.3) is 0 Å². The van der Waals surface area contributed by atoms with Crippen LogP contribution in [0.2, 0.25) is 0 Å². The number of urea groups is 1. The number of nitrogens with zero attached hydrogens (tertiary/aromatic N) is 2. The number of aromatic nitrogens is 3. The summed E-state index contributed by atoms with van der Waals surface area (Å²) in [7, 11) is 0. The fourth-order valence-electron chi connectivity index (χ4n) is 2.52. The van der Waals surface area contributed by atoms with E-state index < -0.39 is 5.97 Å². The van der Waals surface area contributed by atoms with Gasteiger partial charge in [-0.05, 0) is 23.8 Å². The molecule has 0 aliphatic heterocycles. The number of amides is 2. The highest BCUT2D eigenvalue weighted by atomic mass is 16.5. The minimum Gasteiger partial charge on any atom is -0.477 e. The summed E-state index contributed by atoms with van der Waals surface area (Å²) in [6.45, 7) is 6.45. The first-order chi connectivity index (χ1) is 14.2. The molecule has 0 saturated heterocycles. The van der Waals surface area contributed by atoms with Crippen LogP contribution >= 0.6 is 0 Å². The van der Waals surface area contributed by atoms with E-state index in [9.17, 15) is 9.59 Å². The van der Waals surface area contributed by atoms with Crippen molar-refractivity contribution in [3.63, 3.8) is 0 Å². The Morgan fingerprint density at radius 1 is 1.10 bits per heavy atom. The molecule has 0 bridgehead atoms. The minimum atomic E-state index is -1.12. The highest BCUT2D eigenvalue weighted by Gasteiger charge is 2.17. The van der Waals surface area contributed by atoms with Crippen molar-refractivity contribution in [3.8, 4) is 11.5 Å². The molecule has 0 unspecified atom stereocenters. The number of carboxylic acids is 1. The maximum Gasteiger partial charge on any atom is 0.354 e. The van der Waals surface area contributed by atoms with Gasteiger partial charge in [-0.25, -0.2) is 14.6 Å². The third kappa shape index (κ3) is 5.57. The van der Waals surface area contributed by atoms with E-state index in [1.165, 1.54) is 12.3 Å². The first-order valence-corrected chi connectivity index (χ1v) is 9.27. The molecular weight excluding hydrogens is 386 g/mol. The second-order valence-electron chi connectivity index (χ2n) is 7.65. The molecule has 0 fully saturated rings. The largest absolute Gasteiger partial charge is 0.477 e. The molecule has 0 aliphatic carbocycles. The number of aromatic carboxylic acids is 1. The lowest BCUT2D eigenvalue weighted by molar-refractivity contribution is 0.0690. The molecule has 2 aromatic heterocycles. The first-order valence-electron chi connectivity index (χ1n) is 9.27. The second-order valence-corrected chi connectivity index (χ2v) is 7.65. The van der Waals surface area contributed by atoms with Gasteiger partial charge in [0.15, 0.2) is 5.69 Å². The van der Waals surface area contributed by atoms with Crippen LogP contribution in [0, 0.1) is 0 Å². The van der Waals surface area contributed by atoms with Crippen molar-refractivity contribution in [1.82, 2.24) is 20.5 Å². The van der Waals surface area contributed by atoms with Crippen LogP contribution in [0.4, 0.5) is 10.6 Å². The molecule has 2 heterocycles. The molecule has 0 aliphatic rings. The summed E-state index contributed by atoms with van der Waals surface area (Å²) in [5.74, 6) is 0.323. The maximum absolute atomic E-state index is 12.1. The molecule has 3 aromatic rings. The average molecular weight is 409 g/mol. The molecule has 0 atom stereocenters. The highest BCUT2D eigenvalue weighted by molar-refractivity contribution is 5.88. The quantitative estimate of drug-likeness (QED) is 0.488. The zero-order chi connectivity index (χ0) is 21.7. The van der Waals surface area contributed by atoms with Gasteiger partial charge in [0.25, 0.3) is 0 Å². The van der Waals surface area contributed by atoms with Gasteiger partial charge in [0.05, 0.1) is 5.69 Å². The van der Waals surface area contributed by atoms with E-state index in [0.29, 0.717) is 23.9 Å². The van der Waals surface area contributed by atoms with E-state index in [1.54, 1.807) is 24.3 Å². The normalized spacial score (nSPS) is 11.0. The van der Waals surface area contributed by atoms with Crippen molar-refractivity contribution in [2.45, 2.75) is 32.7 Å². The van der Waals surface area contributed by atoms with Crippen LogP contribution in [-0.2, 0) is 12.0 Å². The van der Waals surface area contributed by atoms with E-state index in [-0.39, 0.29) is 17.1 Å². The van der Waals surface area contributed by atoms with Gasteiger partial charge in [0, 0.05) is 30.3 Å². The number of anilines is 1. The minimum absolute atomic E-state index is 0.0915. The number of ether oxygens (including phenoxy) is 1. The molecule has 0 spiro atoms. The maximum atomic E-state index is 12.1. The van der Waals surface area contributed by atoms with Crippen LogP contribution in [0.3, 0.4) is 0 Å². The Morgan fingerprint density at radius 2 is 1.83 bits per heavy atom. The number of hydrogen-bond donors (Lipinski definition) is 4. The van der Waals surface area contributed by atoms with Gasteiger partial charge in [0.1, 0.15) is 17.3 Å². The molecule has 1 aromatic carbocycles. The van der Waals surface area contributed by atoms with E-state index in [1.807, 2.05) is 32.9 Å². The number of aromatic amines is 1. The summed E-state index contributed by atoms with van der Waals surface area (Å²) in [5, 5.41) is 21.5. The van der Waals surface area contributed by atoms with E-state index in [2.05, 4.69) is 25.8 Å². The highest BCUT2D eigenvalue weighted by Crippen LogP contribution is 2.23. The Balaban J connectivity index is 1.52. The van der Waals surface area contributed by atoms with Crippen molar-refractivity contribution in [3.05, 3.63) is 65.6 Å². The number of carboxylic acid groups (broad SMARTS) is 1. The van der Waals surface area contributed by atoms with Gasteiger partial charge in [-0.1, -0.05) is 32.9 Å². The molecule has 9 heteroatoms. The van der Waals surface area contributed by atoms with Crippen molar-refractivity contribution in [2.75, 3.05) is 5.32 Å². The Bertz CT molecular complexity index is 1040. The van der Waals surface area contributed by atoms with Crippen LogP contribution in [0.15, 0.2) is 48.7 Å². The van der Waals surface area contributed by atoms with Crippen LogP contribution in [0.1, 0.15) is 42.5 Å². The van der Waals surface area contributed by atoms with Crippen molar-refractivity contribution in [2.24, 2.45) is 0 Å². The number of carbonyl (C=O) groups is 2. The summed E-state index contributed by atoms with van der Waals surface area (Å²) in [4.78, 5) is 26.8. The summed E-state index contributed by atoms with van der Waals surface area (Å²) in [6.07, 6.45) is 1.37. The van der Waals surface area contributed by atoms with E-state index in [4.69, 9.17) is 9.84 Å². The van der Waals surface area contributed by atoms with Crippen LogP contribution < -0.4 is 15.4 Å². The molecule has 2 amide bonds. The van der Waals surface area contributed by atoms with Crippen molar-refractivity contribution >= 4 is 17.8 Å². The molecule has 156 valence electrons. The van der Waals surface area contributed by atoms with Gasteiger partial charge in [-0.3, -0.25) is 10.4 Å². The third-order valence-corrected chi connectivity index (χ3v) is 4.16. The lowest BCUT2D eigenvalue weighted by Gasteiger charge is -2.13. The lowest BCUT2D eigenvalue weighted by atomic mass is 9.92. The fourth-order valence-corrected chi connectivity index (χ4v) is 2.52. The summed E-state index contributed by atoms with van der Waals surface area (Å²) in [6, 6.07) is 11.5. The van der Waals surface area contributed by atoms with Gasteiger partial charge in [-0.2, -0.15) is 5.10 Å². The Labute approximate surface area is 173 Å². The van der Waals surface area contributed by atoms with Gasteiger partial charge in [0.2, 0.25) is 0 Å². The van der Waals surface area contributed by atoms with Crippen LogP contribution in [-0.4, -0.2) is 32.3 Å². The van der Waals surface area contributed by atoms with Crippen LogP contribution in [0.5, 0.6) is 11.5 Å². The first kappa shape index (κ1) is 20.8. The molecular formula is C21H23N5O4. The number of nitrogens with one attached hydrogen (secondary N) is 3. The zero-order valence-electron chi connectivity index (χ0n) is 16.9. The monoisotopic (exact) mass is 409 g/mol. The lowest BCUT2D eigenvalue weighted by Crippen LogP contribution is -2.28. The fraction of sp³-hybridized carbons (Fsp3) is 0.238. The molecule has 9 nitrogen and oxygen atoms in total. The smallest absolute Gasteiger partial charge is 0.354 e. The number of hydrogen-bond acceptors (Lipinski definition) is 5. The molecule has 0 saturated carbocycles. The number of rotatable bonds is 6. The topological polar surface area (TPSA) is 129 Å². The van der Waals surface area contributed by atoms with Crippen molar-refractivity contribution < 1.29 is 19.4 Å². The molecule has 3 rings (SSSR count). The van der Waals surface area contributed by atoms with Gasteiger partial charge >= 0.3 is 12.0 Å². The van der Waals surface area contributed by atoms with Gasteiger partial charge < -0.3 is 15.2 Å². The van der Waals surface area contributed by atoms with E-state index in [0.717, 1.165) is 11.3 Å². The third-order valence-electron chi connectivity index (χ3n) is 4.16.